The van der Waals surface area contributed by atoms with Crippen molar-refractivity contribution in [2.75, 3.05) is 17.4 Å². The molecule has 3 rings (SSSR count). The quantitative estimate of drug-likeness (QED) is 0.555. The predicted molar refractivity (Wildman–Crippen MR) is 86.4 cm³/mol. The molecular weight excluding hydrogens is 432 g/mol. The third-order valence-electron chi connectivity index (χ3n) is 4.95. The molecule has 2 aliphatic rings. The van der Waals surface area contributed by atoms with Gasteiger partial charge in [-0.3, -0.25) is 9.29 Å². The van der Waals surface area contributed by atoms with E-state index in [4.69, 9.17) is 0 Å². The summed E-state index contributed by atoms with van der Waals surface area (Å²) in [5.41, 5.74) is -0.598. The van der Waals surface area contributed by atoms with Crippen LogP contribution in [0.3, 0.4) is 0 Å². The molecule has 1 aliphatic heterocycles. The van der Waals surface area contributed by atoms with Crippen LogP contribution in [0, 0.1) is 5.92 Å². The van der Waals surface area contributed by atoms with E-state index in [-0.39, 0.29) is 18.8 Å². The highest BCUT2D eigenvalue weighted by Crippen LogP contribution is 2.52. The van der Waals surface area contributed by atoms with Crippen LogP contribution in [0.4, 0.5) is 36.8 Å². The number of aromatic nitrogens is 1. The summed E-state index contributed by atoms with van der Waals surface area (Å²) in [6, 6.07) is 3.04. The first-order chi connectivity index (χ1) is 13.4. The molecular formula is C15H15F6N3O4S. The molecule has 0 unspecified atom stereocenters. The number of hydrogen-bond donors (Lipinski definition) is 1. The van der Waals surface area contributed by atoms with E-state index in [1.54, 1.807) is 0 Å². The van der Waals surface area contributed by atoms with Crippen LogP contribution < -0.4 is 4.31 Å². The van der Waals surface area contributed by atoms with Gasteiger partial charge in [0.05, 0.1) is 17.4 Å². The standard InChI is InChI=1S/C15H15F6N3O4S/c16-14(17,18)11(15(19,20)21)28-12(25)23-7-9(8-23)13(3-4-13)24(29(26)27)10-2-1-5-22-6-10/h1-2,5-6,9,11,29H,3-4,7-8H2. The number of carbonyl (C=O) groups excluding carboxylic acids is 1. The van der Waals surface area contributed by atoms with Gasteiger partial charge in [0.2, 0.25) is 10.9 Å². The molecule has 0 aromatic carbocycles. The van der Waals surface area contributed by atoms with Crippen molar-refractivity contribution < 1.29 is 44.3 Å². The number of alkyl halides is 6. The Kier molecular flexibility index (Phi) is 5.34. The largest absolute Gasteiger partial charge is 0.434 e. The van der Waals surface area contributed by atoms with Gasteiger partial charge in [0.1, 0.15) is 0 Å². The number of amides is 1. The molecule has 1 aliphatic carbocycles. The van der Waals surface area contributed by atoms with E-state index < -0.39 is 46.9 Å². The lowest BCUT2D eigenvalue weighted by Crippen LogP contribution is -2.61. The van der Waals surface area contributed by atoms with Crippen molar-refractivity contribution in [2.45, 2.75) is 36.8 Å². The summed E-state index contributed by atoms with van der Waals surface area (Å²) in [6.45, 7) is -0.442. The SMILES string of the molecule is O=C(OC(C(F)(F)F)C(F)(F)F)N1CC(C2(N(c3cccnc3)[SH](=O)=O)CC2)C1. The number of thiol groups is 1. The number of nitrogens with zero attached hydrogens (tertiary/aromatic N) is 3. The number of anilines is 1. The summed E-state index contributed by atoms with van der Waals surface area (Å²) in [6.07, 6.45) is -13.9. The van der Waals surface area contributed by atoms with Crippen molar-refractivity contribution in [3.63, 3.8) is 0 Å². The number of hydrogen-bond acceptors (Lipinski definition) is 5. The van der Waals surface area contributed by atoms with Crippen LogP contribution in [-0.4, -0.2) is 61.5 Å². The van der Waals surface area contributed by atoms with Gasteiger partial charge < -0.3 is 9.64 Å². The van der Waals surface area contributed by atoms with Crippen molar-refractivity contribution >= 4 is 22.7 Å². The number of carbonyl (C=O) groups is 1. The molecule has 2 fully saturated rings. The molecule has 162 valence electrons. The predicted octanol–water partition coefficient (Wildman–Crippen LogP) is 2.51. The summed E-state index contributed by atoms with van der Waals surface area (Å²) in [5.74, 6) is -0.460. The van der Waals surface area contributed by atoms with E-state index >= 15 is 0 Å². The molecule has 0 radical (unpaired) electrons. The van der Waals surface area contributed by atoms with Crippen molar-refractivity contribution in [1.82, 2.24) is 9.88 Å². The van der Waals surface area contributed by atoms with E-state index in [0.29, 0.717) is 17.7 Å². The normalized spacial score (nSPS) is 19.2. The molecule has 29 heavy (non-hydrogen) atoms. The van der Waals surface area contributed by atoms with Crippen molar-refractivity contribution in [1.29, 1.82) is 0 Å². The fraction of sp³-hybridized carbons (Fsp3) is 0.600. The van der Waals surface area contributed by atoms with E-state index in [0.717, 1.165) is 4.31 Å². The van der Waals surface area contributed by atoms with Gasteiger partial charge in [0, 0.05) is 25.2 Å². The lowest BCUT2D eigenvalue weighted by atomic mass is 9.89. The molecule has 1 aromatic rings. The second kappa shape index (κ2) is 7.22. The summed E-state index contributed by atoms with van der Waals surface area (Å²) in [5, 5.41) is 0. The number of likely N-dealkylation sites (tertiary alicyclic amines) is 1. The Bertz CT molecular complexity index is 813. The highest BCUT2D eigenvalue weighted by atomic mass is 32.2. The smallest absolute Gasteiger partial charge is 0.426 e. The zero-order valence-corrected chi connectivity index (χ0v) is 15.4. The van der Waals surface area contributed by atoms with E-state index in [1.165, 1.54) is 24.5 Å². The molecule has 0 atom stereocenters. The second-order valence-electron chi connectivity index (χ2n) is 6.81. The maximum absolute atomic E-state index is 12.5. The van der Waals surface area contributed by atoms with Crippen molar-refractivity contribution in [3.05, 3.63) is 24.5 Å². The molecule has 7 nitrogen and oxygen atoms in total. The van der Waals surface area contributed by atoms with Crippen LogP contribution in [-0.2, 0) is 15.6 Å². The highest BCUT2D eigenvalue weighted by molar-refractivity contribution is 7.74. The van der Waals surface area contributed by atoms with E-state index in [2.05, 4.69) is 9.72 Å². The van der Waals surface area contributed by atoms with Crippen LogP contribution in [0.1, 0.15) is 12.8 Å². The summed E-state index contributed by atoms with van der Waals surface area (Å²) in [7, 11) is -3.08. The molecule has 1 amide bonds. The van der Waals surface area contributed by atoms with Crippen molar-refractivity contribution in [3.8, 4) is 0 Å². The monoisotopic (exact) mass is 447 g/mol. The fourth-order valence-corrected chi connectivity index (χ4v) is 4.37. The Labute approximate surface area is 162 Å². The van der Waals surface area contributed by atoms with Crippen LogP contribution in [0.2, 0.25) is 0 Å². The lowest BCUT2D eigenvalue weighted by molar-refractivity contribution is -0.309. The summed E-state index contributed by atoms with van der Waals surface area (Å²) in [4.78, 5) is 16.3. The van der Waals surface area contributed by atoms with Gasteiger partial charge in [-0.1, -0.05) is 0 Å². The maximum atomic E-state index is 12.5. The van der Waals surface area contributed by atoms with Crippen LogP contribution in [0.15, 0.2) is 24.5 Å². The molecule has 0 spiro atoms. The molecule has 1 aromatic heterocycles. The molecule has 14 heteroatoms. The van der Waals surface area contributed by atoms with Gasteiger partial charge >= 0.3 is 18.4 Å². The Hall–Kier alpha value is -2.25. The van der Waals surface area contributed by atoms with Gasteiger partial charge in [-0.25, -0.2) is 13.2 Å². The first kappa shape index (κ1) is 21.5. The van der Waals surface area contributed by atoms with Gasteiger partial charge in [0.15, 0.2) is 0 Å². The minimum Gasteiger partial charge on any atom is -0.426 e. The minimum absolute atomic E-state index is 0.221. The van der Waals surface area contributed by atoms with Crippen molar-refractivity contribution in [2.24, 2.45) is 5.92 Å². The van der Waals surface area contributed by atoms with Crippen LogP contribution >= 0.6 is 0 Å². The second-order valence-corrected chi connectivity index (χ2v) is 7.69. The lowest BCUT2D eigenvalue weighted by Gasteiger charge is -2.46. The maximum Gasteiger partial charge on any atom is 0.434 e. The third kappa shape index (κ3) is 4.21. The Balaban J connectivity index is 1.68. The molecule has 0 bridgehead atoms. The average molecular weight is 447 g/mol. The Morgan fingerprint density at radius 2 is 1.79 bits per heavy atom. The minimum atomic E-state index is -5.80. The number of ether oxygens (including phenoxy) is 1. The summed E-state index contributed by atoms with van der Waals surface area (Å²) < 4.78 is 104. The zero-order chi connectivity index (χ0) is 21.6. The third-order valence-corrected chi connectivity index (χ3v) is 5.91. The Morgan fingerprint density at radius 3 is 2.21 bits per heavy atom. The topological polar surface area (TPSA) is 79.8 Å². The number of pyridine rings is 1. The number of halogens is 6. The molecule has 2 heterocycles. The summed E-state index contributed by atoms with van der Waals surface area (Å²) >= 11 is 0. The first-order valence-corrected chi connectivity index (χ1v) is 9.43. The van der Waals surface area contributed by atoms with Gasteiger partial charge in [-0.2, -0.15) is 26.3 Å². The molecule has 1 saturated heterocycles. The average Bonchev–Trinajstić information content (AvgIpc) is 3.30. The first-order valence-electron chi connectivity index (χ1n) is 8.30. The van der Waals surface area contributed by atoms with E-state index in [9.17, 15) is 39.6 Å². The van der Waals surface area contributed by atoms with Gasteiger partial charge in [-0.15, -0.1) is 0 Å². The van der Waals surface area contributed by atoms with Crippen LogP contribution in [0.5, 0.6) is 0 Å². The Morgan fingerprint density at radius 1 is 1.21 bits per heavy atom. The molecule has 1 saturated carbocycles. The molecule has 0 N–H and O–H groups in total. The number of rotatable bonds is 5. The van der Waals surface area contributed by atoms with Gasteiger partial charge in [0.25, 0.3) is 6.10 Å². The van der Waals surface area contributed by atoms with E-state index in [1.807, 2.05) is 0 Å². The fourth-order valence-electron chi connectivity index (χ4n) is 3.38. The van der Waals surface area contributed by atoms with Crippen LogP contribution in [0.25, 0.3) is 0 Å². The highest BCUT2D eigenvalue weighted by Gasteiger charge is 2.62. The van der Waals surface area contributed by atoms with Gasteiger partial charge in [-0.05, 0) is 25.0 Å². The zero-order valence-electron chi connectivity index (χ0n) is 14.5.